The normalized spacial score (nSPS) is 33.5. The summed E-state index contributed by atoms with van der Waals surface area (Å²) >= 11 is 3.66. The van der Waals surface area contributed by atoms with Crippen LogP contribution in [0.25, 0.3) is 0 Å². The largest absolute Gasteiger partial charge is 0.394 e. The van der Waals surface area contributed by atoms with Crippen molar-refractivity contribution in [3.8, 4) is 0 Å². The standard InChI is InChI=1S/C25H34BrN3O5/c1-4-8-14(2)28-23(32)21-25-11-17(26)20(34-25)18(19(25)24(33)29(21)15(3)13-30)22(31)27-12-16-9-6-5-7-10-16/h5-7,9-10,14-15,17-21,30H,4,8,11-13H2,1-3H3,(H,27,31)(H,28,32)/t14?,15-,17?,18-,19+,20-,21?,25?/m1/s1. The van der Waals surface area contributed by atoms with Gasteiger partial charge in [0.2, 0.25) is 17.7 Å². The van der Waals surface area contributed by atoms with E-state index < -0.39 is 35.6 Å². The number of benzene rings is 1. The molecule has 8 atom stereocenters. The van der Waals surface area contributed by atoms with Crippen molar-refractivity contribution in [2.45, 2.75) is 81.2 Å². The van der Waals surface area contributed by atoms with Crippen LogP contribution in [0.1, 0.15) is 45.6 Å². The Hall–Kier alpha value is -1.97. The lowest BCUT2D eigenvalue weighted by Gasteiger charge is -2.36. The third-order valence-corrected chi connectivity index (χ3v) is 8.28. The van der Waals surface area contributed by atoms with Crippen LogP contribution in [0, 0.1) is 11.8 Å². The molecule has 0 aliphatic carbocycles. The van der Waals surface area contributed by atoms with E-state index >= 15 is 0 Å². The van der Waals surface area contributed by atoms with Gasteiger partial charge < -0.3 is 25.4 Å². The van der Waals surface area contributed by atoms with Crippen molar-refractivity contribution in [1.29, 1.82) is 0 Å². The van der Waals surface area contributed by atoms with Gasteiger partial charge in [0, 0.05) is 17.4 Å². The van der Waals surface area contributed by atoms with Gasteiger partial charge in [-0.25, -0.2) is 0 Å². The van der Waals surface area contributed by atoms with Gasteiger partial charge in [-0.1, -0.05) is 59.6 Å². The second-order valence-corrected chi connectivity index (χ2v) is 11.0. The van der Waals surface area contributed by atoms with Gasteiger partial charge in [0.15, 0.2) is 0 Å². The van der Waals surface area contributed by atoms with E-state index in [1.165, 1.54) is 4.90 Å². The van der Waals surface area contributed by atoms with E-state index in [1.807, 2.05) is 44.2 Å². The van der Waals surface area contributed by atoms with Gasteiger partial charge in [-0.15, -0.1) is 0 Å². The summed E-state index contributed by atoms with van der Waals surface area (Å²) in [4.78, 5) is 42.0. The molecule has 1 aromatic carbocycles. The van der Waals surface area contributed by atoms with Crippen LogP contribution in [0.2, 0.25) is 0 Å². The summed E-state index contributed by atoms with van der Waals surface area (Å²) in [5.74, 6) is -2.33. The Balaban J connectivity index is 1.64. The summed E-state index contributed by atoms with van der Waals surface area (Å²) in [7, 11) is 0. The highest BCUT2D eigenvalue weighted by Crippen LogP contribution is 2.60. The average molecular weight is 536 g/mol. The molecule has 0 radical (unpaired) electrons. The topological polar surface area (TPSA) is 108 Å². The molecular formula is C25H34BrN3O5. The molecule has 0 aromatic heterocycles. The van der Waals surface area contributed by atoms with Gasteiger partial charge in [-0.3, -0.25) is 14.4 Å². The molecule has 4 unspecified atom stereocenters. The number of aliphatic hydroxyl groups excluding tert-OH is 1. The van der Waals surface area contributed by atoms with Crippen molar-refractivity contribution >= 4 is 33.7 Å². The maximum atomic E-state index is 13.8. The predicted octanol–water partition coefficient (Wildman–Crippen LogP) is 1.74. The van der Waals surface area contributed by atoms with Crippen LogP contribution in [0.15, 0.2) is 30.3 Å². The molecule has 34 heavy (non-hydrogen) atoms. The Bertz CT molecular complexity index is 930. The first-order valence-corrected chi connectivity index (χ1v) is 13.0. The van der Waals surface area contributed by atoms with E-state index in [0.29, 0.717) is 13.0 Å². The van der Waals surface area contributed by atoms with E-state index in [-0.39, 0.29) is 35.2 Å². The lowest BCUT2D eigenvalue weighted by Crippen LogP contribution is -2.58. The fourth-order valence-electron chi connectivity index (χ4n) is 5.96. The van der Waals surface area contributed by atoms with E-state index in [4.69, 9.17) is 4.74 Å². The number of amides is 3. The Morgan fingerprint density at radius 3 is 2.62 bits per heavy atom. The van der Waals surface area contributed by atoms with Crippen LogP contribution in [-0.4, -0.2) is 69.0 Å². The van der Waals surface area contributed by atoms with Crippen molar-refractivity contribution in [1.82, 2.24) is 15.5 Å². The fourth-order valence-corrected chi connectivity index (χ4v) is 6.90. The maximum absolute atomic E-state index is 13.8. The molecule has 0 saturated carbocycles. The number of carbonyl (C=O) groups excluding carboxylic acids is 3. The Morgan fingerprint density at radius 2 is 1.97 bits per heavy atom. The average Bonchev–Trinajstić information content (AvgIpc) is 3.41. The van der Waals surface area contributed by atoms with Gasteiger partial charge in [-0.05, 0) is 32.3 Å². The number of fused-ring (bicyclic) bond motifs is 1. The molecule has 9 heteroatoms. The number of ether oxygens (including phenoxy) is 1. The molecule has 8 nitrogen and oxygen atoms in total. The van der Waals surface area contributed by atoms with Gasteiger partial charge in [-0.2, -0.15) is 0 Å². The Morgan fingerprint density at radius 1 is 1.26 bits per heavy atom. The highest BCUT2D eigenvalue weighted by Gasteiger charge is 2.76. The van der Waals surface area contributed by atoms with E-state index in [2.05, 4.69) is 26.6 Å². The zero-order chi connectivity index (χ0) is 24.6. The van der Waals surface area contributed by atoms with Crippen molar-refractivity contribution < 1.29 is 24.2 Å². The highest BCUT2D eigenvalue weighted by molar-refractivity contribution is 9.09. The van der Waals surface area contributed by atoms with Gasteiger partial charge in [0.1, 0.15) is 11.6 Å². The first-order valence-electron chi connectivity index (χ1n) is 12.1. The summed E-state index contributed by atoms with van der Waals surface area (Å²) in [6.45, 7) is 5.77. The zero-order valence-electron chi connectivity index (χ0n) is 19.9. The molecule has 1 aromatic rings. The van der Waals surface area contributed by atoms with Crippen LogP contribution in [0.5, 0.6) is 0 Å². The molecule has 3 N–H and O–H groups in total. The van der Waals surface area contributed by atoms with Crippen LogP contribution >= 0.6 is 15.9 Å². The van der Waals surface area contributed by atoms with Gasteiger partial charge in [0.05, 0.1) is 30.6 Å². The monoisotopic (exact) mass is 535 g/mol. The molecule has 3 heterocycles. The number of likely N-dealkylation sites (tertiary alicyclic amines) is 1. The maximum Gasteiger partial charge on any atom is 0.246 e. The molecule has 3 aliphatic heterocycles. The number of hydrogen-bond acceptors (Lipinski definition) is 5. The summed E-state index contributed by atoms with van der Waals surface area (Å²) in [5.41, 5.74) is -0.148. The number of alkyl halides is 1. The van der Waals surface area contributed by atoms with Crippen LogP contribution in [0.3, 0.4) is 0 Å². The quantitative estimate of drug-likeness (QED) is 0.417. The lowest BCUT2D eigenvalue weighted by atomic mass is 9.70. The second-order valence-electron chi connectivity index (χ2n) is 9.84. The molecule has 186 valence electrons. The number of hydrogen-bond donors (Lipinski definition) is 3. The molecule has 1 spiro atoms. The molecule has 2 bridgehead atoms. The number of aliphatic hydroxyl groups is 1. The smallest absolute Gasteiger partial charge is 0.246 e. The minimum absolute atomic E-state index is 0.0577. The van der Waals surface area contributed by atoms with Crippen LogP contribution < -0.4 is 10.6 Å². The molecule has 4 rings (SSSR count). The first-order chi connectivity index (χ1) is 16.2. The summed E-state index contributed by atoms with van der Waals surface area (Å²) in [6.07, 6.45) is 1.68. The van der Waals surface area contributed by atoms with Crippen LogP contribution in [-0.2, 0) is 25.7 Å². The second kappa shape index (κ2) is 9.95. The third-order valence-electron chi connectivity index (χ3n) is 7.44. The number of nitrogens with one attached hydrogen (secondary N) is 2. The molecule has 3 fully saturated rings. The van der Waals surface area contributed by atoms with Crippen LogP contribution in [0.4, 0.5) is 0 Å². The summed E-state index contributed by atoms with van der Waals surface area (Å²) < 4.78 is 6.44. The molecular weight excluding hydrogens is 502 g/mol. The number of halogens is 1. The third kappa shape index (κ3) is 4.16. The van der Waals surface area contributed by atoms with Crippen molar-refractivity contribution in [3.63, 3.8) is 0 Å². The zero-order valence-corrected chi connectivity index (χ0v) is 21.5. The Labute approximate surface area is 208 Å². The number of rotatable bonds is 9. The minimum atomic E-state index is -1.11. The SMILES string of the molecule is CCCC(C)NC(=O)C1N([C@H](C)CO)C(=O)[C@@H]2[C@@H](C(=O)NCc3ccccc3)[C@@H]3OC12CC3Br. The van der Waals surface area contributed by atoms with E-state index in [1.54, 1.807) is 6.92 Å². The van der Waals surface area contributed by atoms with Gasteiger partial charge in [0.25, 0.3) is 0 Å². The van der Waals surface area contributed by atoms with Crippen molar-refractivity contribution in [3.05, 3.63) is 35.9 Å². The summed E-state index contributed by atoms with van der Waals surface area (Å²) in [5, 5.41) is 15.9. The molecule has 3 amide bonds. The van der Waals surface area contributed by atoms with Crippen molar-refractivity contribution in [2.75, 3.05) is 6.61 Å². The number of carbonyl (C=O) groups is 3. The highest BCUT2D eigenvalue weighted by atomic mass is 79.9. The van der Waals surface area contributed by atoms with E-state index in [0.717, 1.165) is 18.4 Å². The van der Waals surface area contributed by atoms with Gasteiger partial charge >= 0.3 is 0 Å². The lowest BCUT2D eigenvalue weighted by molar-refractivity contribution is -0.145. The molecule has 3 saturated heterocycles. The predicted molar refractivity (Wildman–Crippen MR) is 130 cm³/mol. The first kappa shape index (κ1) is 25.1. The molecule has 3 aliphatic rings. The summed E-state index contributed by atoms with van der Waals surface area (Å²) in [6, 6.07) is 8.04. The fraction of sp³-hybridized carbons (Fsp3) is 0.640. The number of nitrogens with zero attached hydrogens (tertiary/aromatic N) is 1. The van der Waals surface area contributed by atoms with Crippen molar-refractivity contribution in [2.24, 2.45) is 11.8 Å². The Kier molecular flexibility index (Phi) is 7.36. The van der Waals surface area contributed by atoms with E-state index in [9.17, 15) is 19.5 Å². The minimum Gasteiger partial charge on any atom is -0.394 e.